The van der Waals surface area contributed by atoms with Crippen LogP contribution in [0.25, 0.3) is 0 Å². The molecule has 0 bridgehead atoms. The monoisotopic (exact) mass is 373 g/mol. The van der Waals surface area contributed by atoms with E-state index in [0.29, 0.717) is 23.7 Å². The molecule has 0 saturated heterocycles. The Morgan fingerprint density at radius 1 is 1.15 bits per heavy atom. The van der Waals surface area contributed by atoms with Gasteiger partial charge in [-0.1, -0.05) is 12.1 Å². The average molecular weight is 373 g/mol. The molecule has 2 aromatic rings. The van der Waals surface area contributed by atoms with Gasteiger partial charge < -0.3 is 20.3 Å². The molecule has 0 unspecified atom stereocenters. The minimum absolute atomic E-state index is 0.0288. The SMILES string of the molecule is CCN(CC(=O)NCC(=O)Nc1cc(C)ccc1OC)c1cccc(F)c1. The molecule has 2 N–H and O–H groups in total. The molecule has 0 aliphatic rings. The van der Waals surface area contributed by atoms with Crippen LogP contribution in [0, 0.1) is 12.7 Å². The summed E-state index contributed by atoms with van der Waals surface area (Å²) >= 11 is 0. The van der Waals surface area contributed by atoms with Crippen LogP contribution in [-0.4, -0.2) is 38.6 Å². The fourth-order valence-electron chi connectivity index (χ4n) is 2.58. The minimum atomic E-state index is -0.363. The predicted molar refractivity (Wildman–Crippen MR) is 104 cm³/mol. The highest BCUT2D eigenvalue weighted by Gasteiger charge is 2.13. The molecule has 2 aromatic carbocycles. The van der Waals surface area contributed by atoms with Crippen molar-refractivity contribution in [1.82, 2.24) is 5.32 Å². The predicted octanol–water partition coefficient (Wildman–Crippen LogP) is 2.72. The zero-order valence-corrected chi connectivity index (χ0v) is 15.7. The Balaban J connectivity index is 1.89. The molecular weight excluding hydrogens is 349 g/mol. The molecule has 0 atom stereocenters. The number of benzene rings is 2. The fourth-order valence-corrected chi connectivity index (χ4v) is 2.58. The highest BCUT2D eigenvalue weighted by Crippen LogP contribution is 2.24. The number of nitrogens with zero attached hydrogens (tertiary/aromatic N) is 1. The largest absolute Gasteiger partial charge is 0.495 e. The van der Waals surface area contributed by atoms with Gasteiger partial charge in [0.1, 0.15) is 11.6 Å². The van der Waals surface area contributed by atoms with Crippen molar-refractivity contribution in [2.24, 2.45) is 0 Å². The standard InChI is InChI=1S/C20H24FN3O3/c1-4-24(16-7-5-6-15(21)11-16)13-20(26)22-12-19(25)23-17-10-14(2)8-9-18(17)27-3/h5-11H,4,12-13H2,1-3H3,(H,22,26)(H,23,25). The van der Waals surface area contributed by atoms with Crippen LogP contribution in [0.15, 0.2) is 42.5 Å². The van der Waals surface area contributed by atoms with Crippen LogP contribution in [0.4, 0.5) is 15.8 Å². The molecule has 0 saturated carbocycles. The number of rotatable bonds is 8. The molecule has 0 radical (unpaired) electrons. The number of anilines is 2. The maximum absolute atomic E-state index is 13.4. The number of ether oxygens (including phenoxy) is 1. The number of halogens is 1. The van der Waals surface area contributed by atoms with Crippen molar-refractivity contribution in [2.75, 3.05) is 37.0 Å². The molecule has 0 spiro atoms. The zero-order valence-electron chi connectivity index (χ0n) is 15.7. The molecule has 0 heterocycles. The molecular formula is C20H24FN3O3. The molecule has 0 fully saturated rings. The van der Waals surface area contributed by atoms with E-state index in [2.05, 4.69) is 10.6 Å². The summed E-state index contributed by atoms with van der Waals surface area (Å²) in [6.45, 7) is 4.17. The van der Waals surface area contributed by atoms with E-state index in [1.54, 1.807) is 29.2 Å². The lowest BCUT2D eigenvalue weighted by molar-refractivity contribution is -0.123. The van der Waals surface area contributed by atoms with E-state index >= 15 is 0 Å². The Labute approximate surface area is 158 Å². The van der Waals surface area contributed by atoms with E-state index in [1.165, 1.54) is 19.2 Å². The highest BCUT2D eigenvalue weighted by atomic mass is 19.1. The van der Waals surface area contributed by atoms with Crippen molar-refractivity contribution in [3.8, 4) is 5.75 Å². The van der Waals surface area contributed by atoms with Gasteiger partial charge in [0.05, 0.1) is 25.9 Å². The van der Waals surface area contributed by atoms with Crippen LogP contribution >= 0.6 is 0 Å². The zero-order chi connectivity index (χ0) is 19.8. The van der Waals surface area contributed by atoms with Crippen LogP contribution in [0.5, 0.6) is 5.75 Å². The molecule has 0 aliphatic carbocycles. The molecule has 6 nitrogen and oxygen atoms in total. The van der Waals surface area contributed by atoms with E-state index in [-0.39, 0.29) is 30.7 Å². The smallest absolute Gasteiger partial charge is 0.243 e. The van der Waals surface area contributed by atoms with Crippen LogP contribution < -0.4 is 20.3 Å². The third-order valence-electron chi connectivity index (χ3n) is 3.96. The maximum atomic E-state index is 13.4. The van der Waals surface area contributed by atoms with Gasteiger partial charge in [0.25, 0.3) is 0 Å². The summed E-state index contributed by atoms with van der Waals surface area (Å²) in [7, 11) is 1.52. The van der Waals surface area contributed by atoms with Crippen LogP contribution in [0.2, 0.25) is 0 Å². The van der Waals surface area contributed by atoms with Crippen molar-refractivity contribution in [3.05, 3.63) is 53.8 Å². The lowest BCUT2D eigenvalue weighted by Crippen LogP contribution is -2.40. The van der Waals surface area contributed by atoms with Crippen molar-refractivity contribution in [2.45, 2.75) is 13.8 Å². The van der Waals surface area contributed by atoms with Gasteiger partial charge >= 0.3 is 0 Å². The summed E-state index contributed by atoms with van der Waals surface area (Å²) in [6, 6.07) is 11.5. The second-order valence-corrected chi connectivity index (χ2v) is 6.02. The minimum Gasteiger partial charge on any atom is -0.495 e. The first-order chi connectivity index (χ1) is 12.9. The normalized spacial score (nSPS) is 10.2. The summed E-state index contributed by atoms with van der Waals surface area (Å²) in [5.74, 6) is -0.505. The second kappa shape index (κ2) is 9.56. The van der Waals surface area contributed by atoms with Gasteiger partial charge in [0.15, 0.2) is 0 Å². The molecule has 144 valence electrons. The molecule has 2 rings (SSSR count). The van der Waals surface area contributed by atoms with Crippen LogP contribution in [-0.2, 0) is 9.59 Å². The number of carbonyl (C=O) groups excluding carboxylic acids is 2. The van der Waals surface area contributed by atoms with E-state index in [4.69, 9.17) is 4.74 Å². The number of nitrogens with one attached hydrogen (secondary N) is 2. The van der Waals surface area contributed by atoms with Gasteiger partial charge in [-0.25, -0.2) is 4.39 Å². The lowest BCUT2D eigenvalue weighted by atomic mass is 10.2. The van der Waals surface area contributed by atoms with Gasteiger partial charge in [-0.05, 0) is 49.7 Å². The molecule has 0 aromatic heterocycles. The number of likely N-dealkylation sites (N-methyl/N-ethyl adjacent to an activating group) is 1. The number of aryl methyl sites for hydroxylation is 1. The topological polar surface area (TPSA) is 70.7 Å². The number of carbonyl (C=O) groups is 2. The highest BCUT2D eigenvalue weighted by molar-refractivity contribution is 5.96. The Bertz CT molecular complexity index is 811. The number of hydrogen-bond donors (Lipinski definition) is 2. The van der Waals surface area contributed by atoms with Gasteiger partial charge in [-0.15, -0.1) is 0 Å². The second-order valence-electron chi connectivity index (χ2n) is 6.02. The number of amides is 2. The molecule has 7 heteroatoms. The summed E-state index contributed by atoms with van der Waals surface area (Å²) in [5.41, 5.74) is 2.14. The third-order valence-corrected chi connectivity index (χ3v) is 3.96. The fraction of sp³-hybridized carbons (Fsp3) is 0.300. The van der Waals surface area contributed by atoms with Crippen LogP contribution in [0.1, 0.15) is 12.5 Å². The number of hydrogen-bond acceptors (Lipinski definition) is 4. The van der Waals surface area contributed by atoms with Gasteiger partial charge in [-0.3, -0.25) is 9.59 Å². The van der Waals surface area contributed by atoms with Crippen molar-refractivity contribution >= 4 is 23.2 Å². The van der Waals surface area contributed by atoms with E-state index in [1.807, 2.05) is 19.9 Å². The first kappa shape index (κ1) is 20.2. The summed E-state index contributed by atoms with van der Waals surface area (Å²) in [6.07, 6.45) is 0. The third kappa shape index (κ3) is 5.99. The van der Waals surface area contributed by atoms with E-state index < -0.39 is 0 Å². The van der Waals surface area contributed by atoms with Crippen molar-refractivity contribution in [3.63, 3.8) is 0 Å². The van der Waals surface area contributed by atoms with E-state index in [9.17, 15) is 14.0 Å². The van der Waals surface area contributed by atoms with E-state index in [0.717, 1.165) is 5.56 Å². The average Bonchev–Trinajstić information content (AvgIpc) is 2.64. The summed E-state index contributed by atoms with van der Waals surface area (Å²) in [5, 5.41) is 5.30. The van der Waals surface area contributed by atoms with Crippen molar-refractivity contribution in [1.29, 1.82) is 0 Å². The molecule has 27 heavy (non-hydrogen) atoms. The van der Waals surface area contributed by atoms with Crippen molar-refractivity contribution < 1.29 is 18.7 Å². The Morgan fingerprint density at radius 2 is 1.93 bits per heavy atom. The Hall–Kier alpha value is -3.09. The summed E-state index contributed by atoms with van der Waals surface area (Å²) < 4.78 is 18.6. The first-order valence-corrected chi connectivity index (χ1v) is 8.64. The van der Waals surface area contributed by atoms with Gasteiger partial charge in [-0.2, -0.15) is 0 Å². The maximum Gasteiger partial charge on any atom is 0.243 e. The first-order valence-electron chi connectivity index (χ1n) is 8.64. The molecule has 2 amide bonds. The Kier molecular flexibility index (Phi) is 7.16. The van der Waals surface area contributed by atoms with Gasteiger partial charge in [0.2, 0.25) is 11.8 Å². The Morgan fingerprint density at radius 3 is 2.59 bits per heavy atom. The molecule has 0 aliphatic heterocycles. The summed E-state index contributed by atoms with van der Waals surface area (Å²) in [4.78, 5) is 26.0. The lowest BCUT2D eigenvalue weighted by Gasteiger charge is -2.22. The quantitative estimate of drug-likeness (QED) is 0.746. The number of methoxy groups -OCH3 is 1. The van der Waals surface area contributed by atoms with Crippen LogP contribution in [0.3, 0.4) is 0 Å². The van der Waals surface area contributed by atoms with Gasteiger partial charge in [0, 0.05) is 12.2 Å².